The largest absolute Gasteiger partial charge is 0.332 e. The van der Waals surface area contributed by atoms with Gasteiger partial charge in [0.15, 0.2) is 5.11 Å². The molecule has 0 bridgehead atoms. The van der Waals surface area contributed by atoms with E-state index >= 15 is 0 Å². The average molecular weight is 418 g/mol. The van der Waals surface area contributed by atoms with Gasteiger partial charge in [-0.2, -0.15) is 0 Å². The van der Waals surface area contributed by atoms with Gasteiger partial charge in [0.2, 0.25) is 5.91 Å². The number of carbonyl (C=O) groups is 2. The summed E-state index contributed by atoms with van der Waals surface area (Å²) in [5, 5.41) is 8.73. The van der Waals surface area contributed by atoms with Gasteiger partial charge in [-0.3, -0.25) is 14.9 Å². The van der Waals surface area contributed by atoms with Crippen molar-refractivity contribution in [1.82, 2.24) is 5.32 Å². The molecule has 0 spiro atoms. The van der Waals surface area contributed by atoms with Gasteiger partial charge in [0.25, 0.3) is 5.91 Å². The molecular weight excluding hydrogens is 394 g/mol. The van der Waals surface area contributed by atoms with Gasteiger partial charge in [-0.1, -0.05) is 48.0 Å². The van der Waals surface area contributed by atoms with Crippen LogP contribution in [0.4, 0.5) is 11.4 Å². The summed E-state index contributed by atoms with van der Waals surface area (Å²) < 4.78 is 0. The highest BCUT2D eigenvalue weighted by Crippen LogP contribution is 2.14. The number of hydrogen-bond acceptors (Lipinski definition) is 3. The highest BCUT2D eigenvalue weighted by atomic mass is 32.1. The number of carbonyl (C=O) groups excluding carboxylic acids is 2. The fourth-order valence-corrected chi connectivity index (χ4v) is 3.10. The number of anilines is 2. The van der Waals surface area contributed by atoms with Gasteiger partial charge in [0, 0.05) is 23.4 Å². The molecule has 0 atom stereocenters. The van der Waals surface area contributed by atoms with Gasteiger partial charge in [0.05, 0.1) is 0 Å². The van der Waals surface area contributed by atoms with Gasteiger partial charge in [-0.15, -0.1) is 0 Å². The van der Waals surface area contributed by atoms with Crippen LogP contribution in [0.15, 0.2) is 78.9 Å². The van der Waals surface area contributed by atoms with Crippen LogP contribution in [-0.4, -0.2) is 16.9 Å². The number of nitrogens with one attached hydrogen (secondary N) is 3. The third kappa shape index (κ3) is 6.53. The lowest BCUT2D eigenvalue weighted by Crippen LogP contribution is -2.34. The number of thiocarbonyl (C=S) groups is 1. The highest BCUT2D eigenvalue weighted by Gasteiger charge is 2.08. The first-order valence-electron chi connectivity index (χ1n) is 9.62. The van der Waals surface area contributed by atoms with Crippen molar-refractivity contribution < 1.29 is 9.59 Å². The van der Waals surface area contributed by atoms with E-state index in [1.54, 1.807) is 36.4 Å². The molecule has 0 unspecified atom stereocenters. The molecule has 3 rings (SSSR count). The minimum atomic E-state index is -0.265. The van der Waals surface area contributed by atoms with Gasteiger partial charge in [-0.25, -0.2) is 0 Å². The van der Waals surface area contributed by atoms with Crippen molar-refractivity contribution in [3.05, 3.63) is 95.6 Å². The summed E-state index contributed by atoms with van der Waals surface area (Å²) in [5.41, 5.74) is 4.10. The van der Waals surface area contributed by atoms with Gasteiger partial charge in [-0.05, 0) is 67.5 Å². The van der Waals surface area contributed by atoms with Crippen molar-refractivity contribution in [3.63, 3.8) is 0 Å². The summed E-state index contributed by atoms with van der Waals surface area (Å²) >= 11 is 5.22. The van der Waals surface area contributed by atoms with Crippen LogP contribution in [0.5, 0.6) is 0 Å². The minimum Gasteiger partial charge on any atom is -0.332 e. The van der Waals surface area contributed by atoms with E-state index in [1.807, 2.05) is 49.4 Å². The lowest BCUT2D eigenvalue weighted by molar-refractivity contribution is -0.116. The molecule has 0 aliphatic heterocycles. The van der Waals surface area contributed by atoms with E-state index in [0.717, 1.165) is 11.1 Å². The summed E-state index contributed by atoms with van der Waals surface area (Å²) in [6, 6.07) is 24.3. The quantitative estimate of drug-likeness (QED) is 0.509. The lowest BCUT2D eigenvalue weighted by Gasteiger charge is -2.11. The van der Waals surface area contributed by atoms with Crippen molar-refractivity contribution in [2.75, 3.05) is 10.6 Å². The maximum absolute atomic E-state index is 12.3. The fourth-order valence-electron chi connectivity index (χ4n) is 2.89. The van der Waals surface area contributed by atoms with Gasteiger partial charge < -0.3 is 10.6 Å². The van der Waals surface area contributed by atoms with Crippen LogP contribution >= 0.6 is 12.2 Å². The van der Waals surface area contributed by atoms with E-state index in [2.05, 4.69) is 16.0 Å². The Morgan fingerprint density at radius 3 is 2.17 bits per heavy atom. The van der Waals surface area contributed by atoms with Crippen molar-refractivity contribution in [2.45, 2.75) is 19.8 Å². The first kappa shape index (κ1) is 21.2. The molecule has 152 valence electrons. The Labute approximate surface area is 181 Å². The lowest BCUT2D eigenvalue weighted by atomic mass is 10.1. The van der Waals surface area contributed by atoms with E-state index in [-0.39, 0.29) is 16.9 Å². The normalized spacial score (nSPS) is 10.2. The fraction of sp³-hybridized carbons (Fsp3) is 0.125. The Balaban J connectivity index is 1.47. The first-order chi connectivity index (χ1) is 14.5. The molecule has 0 radical (unpaired) electrons. The Kier molecular flexibility index (Phi) is 7.29. The molecule has 3 N–H and O–H groups in total. The number of rotatable bonds is 6. The molecule has 5 nitrogen and oxygen atoms in total. The summed E-state index contributed by atoms with van der Waals surface area (Å²) in [6.45, 7) is 1.93. The maximum atomic E-state index is 12.3. The van der Waals surface area contributed by atoms with Crippen molar-refractivity contribution in [2.24, 2.45) is 0 Å². The van der Waals surface area contributed by atoms with Gasteiger partial charge in [0.1, 0.15) is 0 Å². The second kappa shape index (κ2) is 10.3. The van der Waals surface area contributed by atoms with Crippen LogP contribution < -0.4 is 16.0 Å². The molecule has 0 aromatic heterocycles. The highest BCUT2D eigenvalue weighted by molar-refractivity contribution is 7.80. The zero-order chi connectivity index (χ0) is 21.3. The zero-order valence-corrected chi connectivity index (χ0v) is 17.5. The SMILES string of the molecule is Cc1cccc(C(=O)NC(=S)Nc2ccc(NC(=O)CCc3ccccc3)cc2)c1. The first-order valence-corrected chi connectivity index (χ1v) is 10.0. The van der Waals surface area contributed by atoms with Crippen LogP contribution in [-0.2, 0) is 11.2 Å². The van der Waals surface area contributed by atoms with E-state index in [9.17, 15) is 9.59 Å². The zero-order valence-electron chi connectivity index (χ0n) is 16.6. The van der Waals surface area contributed by atoms with Crippen molar-refractivity contribution in [1.29, 1.82) is 0 Å². The van der Waals surface area contributed by atoms with E-state index < -0.39 is 0 Å². The minimum absolute atomic E-state index is 0.0412. The standard InChI is InChI=1S/C24H23N3O2S/c1-17-6-5-9-19(16-17)23(29)27-24(30)26-21-13-11-20(12-14-21)25-22(28)15-10-18-7-3-2-4-8-18/h2-9,11-14,16H,10,15H2,1H3,(H,25,28)(H2,26,27,29,30). The van der Waals surface area contributed by atoms with Crippen molar-refractivity contribution >= 4 is 40.5 Å². The molecule has 6 heteroatoms. The van der Waals surface area contributed by atoms with Crippen LogP contribution in [0.3, 0.4) is 0 Å². The Hall–Kier alpha value is -3.51. The number of aryl methyl sites for hydroxylation is 2. The maximum Gasteiger partial charge on any atom is 0.257 e. The van der Waals surface area contributed by atoms with Crippen LogP contribution in [0.25, 0.3) is 0 Å². The molecule has 0 saturated heterocycles. The molecule has 0 aliphatic carbocycles. The molecule has 0 heterocycles. The van der Waals surface area contributed by atoms with E-state index in [4.69, 9.17) is 12.2 Å². The Bertz CT molecular complexity index is 1030. The smallest absolute Gasteiger partial charge is 0.257 e. The van der Waals surface area contributed by atoms with Crippen LogP contribution in [0, 0.1) is 6.92 Å². The molecule has 0 aliphatic rings. The summed E-state index contributed by atoms with van der Waals surface area (Å²) in [6.07, 6.45) is 1.11. The second-order valence-corrected chi connectivity index (χ2v) is 7.30. The van der Waals surface area contributed by atoms with Gasteiger partial charge >= 0.3 is 0 Å². The average Bonchev–Trinajstić information content (AvgIpc) is 2.74. The van der Waals surface area contributed by atoms with Crippen LogP contribution in [0.2, 0.25) is 0 Å². The third-order valence-corrected chi connectivity index (χ3v) is 4.62. The molecule has 0 saturated carbocycles. The van der Waals surface area contributed by atoms with E-state index in [1.165, 1.54) is 0 Å². The summed E-state index contributed by atoms with van der Waals surface area (Å²) in [7, 11) is 0. The van der Waals surface area contributed by atoms with E-state index in [0.29, 0.717) is 29.8 Å². The molecular formula is C24H23N3O2S. The molecule has 2 amide bonds. The number of hydrogen-bond donors (Lipinski definition) is 3. The molecule has 0 fully saturated rings. The predicted octanol–water partition coefficient (Wildman–Crippen LogP) is 4.69. The van der Waals surface area contributed by atoms with Crippen LogP contribution in [0.1, 0.15) is 27.9 Å². The summed E-state index contributed by atoms with van der Waals surface area (Å²) in [4.78, 5) is 24.4. The molecule has 3 aromatic carbocycles. The number of benzene rings is 3. The monoisotopic (exact) mass is 417 g/mol. The molecule has 3 aromatic rings. The Morgan fingerprint density at radius 1 is 0.833 bits per heavy atom. The second-order valence-electron chi connectivity index (χ2n) is 6.89. The topological polar surface area (TPSA) is 70.2 Å². The Morgan fingerprint density at radius 2 is 1.50 bits per heavy atom. The molecule has 30 heavy (non-hydrogen) atoms. The van der Waals surface area contributed by atoms with Crippen molar-refractivity contribution in [3.8, 4) is 0 Å². The third-order valence-electron chi connectivity index (χ3n) is 4.42. The summed E-state index contributed by atoms with van der Waals surface area (Å²) in [5.74, 6) is -0.306. The number of amides is 2. The predicted molar refractivity (Wildman–Crippen MR) is 125 cm³/mol.